The highest BCUT2D eigenvalue weighted by Gasteiger charge is 2.32. The van der Waals surface area contributed by atoms with Gasteiger partial charge in [-0.3, -0.25) is 0 Å². The quantitative estimate of drug-likeness (QED) is 0.656. The lowest BCUT2D eigenvalue weighted by Crippen LogP contribution is -2.30. The molecule has 1 unspecified atom stereocenters. The van der Waals surface area contributed by atoms with Crippen molar-refractivity contribution in [3.8, 4) is 0 Å². The number of carbonyl (C=O) groups excluding carboxylic acids is 1. The minimum absolute atomic E-state index is 0.281. The van der Waals surface area contributed by atoms with E-state index in [-0.39, 0.29) is 6.42 Å². The van der Waals surface area contributed by atoms with E-state index in [1.807, 2.05) is 0 Å². The molecule has 14 heavy (non-hydrogen) atoms. The average molecular weight is 204 g/mol. The van der Waals surface area contributed by atoms with E-state index in [2.05, 4.69) is 4.74 Å². The van der Waals surface area contributed by atoms with Crippen LogP contribution in [0, 0.1) is 0 Å². The number of carbonyl (C=O) groups is 1. The van der Waals surface area contributed by atoms with E-state index in [1.54, 1.807) is 6.92 Å². The van der Waals surface area contributed by atoms with Crippen molar-refractivity contribution in [3.63, 3.8) is 0 Å². The number of aliphatic hydroxyl groups is 1. The molecule has 1 atom stereocenters. The highest BCUT2D eigenvalue weighted by molar-refractivity contribution is 5.74. The molecule has 0 aliphatic carbocycles. The molecule has 5 heteroatoms. The van der Waals surface area contributed by atoms with Crippen LogP contribution in [0.15, 0.2) is 0 Å². The smallest absolute Gasteiger partial charge is 0.334 e. The summed E-state index contributed by atoms with van der Waals surface area (Å²) in [7, 11) is 1.25. The van der Waals surface area contributed by atoms with Gasteiger partial charge in [0.1, 0.15) is 0 Å². The summed E-state index contributed by atoms with van der Waals surface area (Å²) in [5.74, 6) is -1.28. The van der Waals surface area contributed by atoms with E-state index >= 15 is 0 Å². The molecule has 1 rings (SSSR count). The van der Waals surface area contributed by atoms with Crippen molar-refractivity contribution in [1.82, 2.24) is 0 Å². The summed E-state index contributed by atoms with van der Waals surface area (Å²) in [5, 5.41) is 9.31. The Labute approximate surface area is 82.9 Å². The van der Waals surface area contributed by atoms with Crippen molar-refractivity contribution in [1.29, 1.82) is 0 Å². The fourth-order valence-electron chi connectivity index (χ4n) is 1.35. The van der Waals surface area contributed by atoms with Crippen LogP contribution in [0.4, 0.5) is 0 Å². The molecule has 0 saturated carbocycles. The maximum Gasteiger partial charge on any atom is 0.334 e. The lowest BCUT2D eigenvalue weighted by molar-refractivity contribution is -0.161. The SMILES string of the molecule is COC(=O)C(O)CCC1(C)OCCO1. The molecule has 0 amide bonds. The fourth-order valence-corrected chi connectivity index (χ4v) is 1.35. The van der Waals surface area contributed by atoms with Gasteiger partial charge in [-0.1, -0.05) is 0 Å². The molecule has 1 heterocycles. The van der Waals surface area contributed by atoms with Crippen molar-refractivity contribution in [2.75, 3.05) is 20.3 Å². The van der Waals surface area contributed by atoms with E-state index in [0.29, 0.717) is 19.6 Å². The topological polar surface area (TPSA) is 65.0 Å². The average Bonchev–Trinajstić information content (AvgIpc) is 2.61. The third-order valence-corrected chi connectivity index (χ3v) is 2.24. The molecule has 1 saturated heterocycles. The molecule has 1 N–H and O–H groups in total. The van der Waals surface area contributed by atoms with Crippen LogP contribution < -0.4 is 0 Å². The summed E-state index contributed by atoms with van der Waals surface area (Å²) in [5.41, 5.74) is 0. The Morgan fingerprint density at radius 2 is 2.14 bits per heavy atom. The maximum atomic E-state index is 10.9. The van der Waals surface area contributed by atoms with Crippen molar-refractivity contribution in [2.24, 2.45) is 0 Å². The maximum absolute atomic E-state index is 10.9. The van der Waals surface area contributed by atoms with Crippen LogP contribution in [0.3, 0.4) is 0 Å². The Kier molecular flexibility index (Phi) is 3.86. The summed E-state index contributed by atoms with van der Waals surface area (Å²) < 4.78 is 15.0. The van der Waals surface area contributed by atoms with Gasteiger partial charge >= 0.3 is 5.97 Å². The second kappa shape index (κ2) is 4.72. The van der Waals surface area contributed by atoms with E-state index in [1.165, 1.54) is 7.11 Å². The highest BCUT2D eigenvalue weighted by Crippen LogP contribution is 2.24. The predicted molar refractivity (Wildman–Crippen MR) is 47.6 cm³/mol. The Bertz CT molecular complexity index is 197. The van der Waals surface area contributed by atoms with Crippen molar-refractivity contribution >= 4 is 5.97 Å². The summed E-state index contributed by atoms with van der Waals surface area (Å²) in [6, 6.07) is 0. The third-order valence-electron chi connectivity index (χ3n) is 2.24. The van der Waals surface area contributed by atoms with Gasteiger partial charge in [0.15, 0.2) is 11.9 Å². The van der Waals surface area contributed by atoms with Gasteiger partial charge in [-0.05, 0) is 13.3 Å². The molecule has 1 aliphatic heterocycles. The van der Waals surface area contributed by atoms with Crippen LogP contribution in [0.5, 0.6) is 0 Å². The minimum Gasteiger partial charge on any atom is -0.467 e. The zero-order valence-corrected chi connectivity index (χ0v) is 8.49. The van der Waals surface area contributed by atoms with Gasteiger partial charge in [0, 0.05) is 6.42 Å². The van der Waals surface area contributed by atoms with E-state index in [4.69, 9.17) is 9.47 Å². The largest absolute Gasteiger partial charge is 0.467 e. The zero-order valence-electron chi connectivity index (χ0n) is 8.49. The molecule has 0 spiro atoms. The van der Waals surface area contributed by atoms with Gasteiger partial charge in [0.25, 0.3) is 0 Å². The van der Waals surface area contributed by atoms with Gasteiger partial charge in [-0.15, -0.1) is 0 Å². The minimum atomic E-state index is -1.09. The van der Waals surface area contributed by atoms with Crippen molar-refractivity contribution in [3.05, 3.63) is 0 Å². The normalized spacial score (nSPS) is 21.9. The highest BCUT2D eigenvalue weighted by atomic mass is 16.7. The Morgan fingerprint density at radius 3 is 2.64 bits per heavy atom. The van der Waals surface area contributed by atoms with Gasteiger partial charge in [0.2, 0.25) is 0 Å². The lowest BCUT2D eigenvalue weighted by Gasteiger charge is -2.22. The molecular formula is C9H16O5. The monoisotopic (exact) mass is 204 g/mol. The van der Waals surface area contributed by atoms with Crippen LogP contribution in [0.1, 0.15) is 19.8 Å². The number of rotatable bonds is 4. The molecular weight excluding hydrogens is 188 g/mol. The number of hydrogen-bond acceptors (Lipinski definition) is 5. The summed E-state index contributed by atoms with van der Waals surface area (Å²) in [6.45, 7) is 2.92. The van der Waals surface area contributed by atoms with Crippen molar-refractivity contribution < 1.29 is 24.1 Å². The number of ether oxygens (including phenoxy) is 3. The standard InChI is InChI=1S/C9H16O5/c1-9(13-5-6-14-9)4-3-7(10)8(11)12-2/h7,10H,3-6H2,1-2H3. The Balaban J connectivity index is 2.28. The first-order valence-electron chi connectivity index (χ1n) is 4.61. The third kappa shape index (κ3) is 2.94. The van der Waals surface area contributed by atoms with Crippen LogP contribution in [-0.4, -0.2) is 43.3 Å². The number of methoxy groups -OCH3 is 1. The molecule has 82 valence electrons. The van der Waals surface area contributed by atoms with E-state index in [0.717, 1.165) is 0 Å². The number of esters is 1. The van der Waals surface area contributed by atoms with E-state index < -0.39 is 17.9 Å². The molecule has 0 aromatic heterocycles. The lowest BCUT2D eigenvalue weighted by atomic mass is 10.1. The zero-order chi connectivity index (χ0) is 10.6. The Morgan fingerprint density at radius 1 is 1.57 bits per heavy atom. The number of hydrogen-bond donors (Lipinski definition) is 1. The van der Waals surface area contributed by atoms with Crippen LogP contribution >= 0.6 is 0 Å². The molecule has 1 aliphatic rings. The first-order chi connectivity index (χ1) is 6.57. The van der Waals surface area contributed by atoms with Crippen LogP contribution in [-0.2, 0) is 19.0 Å². The fraction of sp³-hybridized carbons (Fsp3) is 0.889. The van der Waals surface area contributed by atoms with Gasteiger partial charge in [0.05, 0.1) is 20.3 Å². The van der Waals surface area contributed by atoms with E-state index in [9.17, 15) is 9.90 Å². The molecule has 1 fully saturated rings. The van der Waals surface area contributed by atoms with Gasteiger partial charge in [-0.2, -0.15) is 0 Å². The molecule has 0 bridgehead atoms. The van der Waals surface area contributed by atoms with Crippen molar-refractivity contribution in [2.45, 2.75) is 31.7 Å². The summed E-state index contributed by atoms with van der Waals surface area (Å²) in [6.07, 6.45) is -0.337. The van der Waals surface area contributed by atoms with Crippen LogP contribution in [0.25, 0.3) is 0 Å². The second-order valence-electron chi connectivity index (χ2n) is 3.41. The first kappa shape index (κ1) is 11.4. The van der Waals surface area contributed by atoms with Gasteiger partial charge < -0.3 is 19.3 Å². The molecule has 0 aromatic rings. The molecule has 0 aromatic carbocycles. The van der Waals surface area contributed by atoms with Crippen LogP contribution in [0.2, 0.25) is 0 Å². The Hall–Kier alpha value is -0.650. The first-order valence-corrected chi connectivity index (χ1v) is 4.61. The summed E-state index contributed by atoms with van der Waals surface area (Å²) in [4.78, 5) is 10.9. The van der Waals surface area contributed by atoms with Gasteiger partial charge in [-0.25, -0.2) is 4.79 Å². The number of aliphatic hydroxyl groups excluding tert-OH is 1. The molecule has 0 radical (unpaired) electrons. The second-order valence-corrected chi connectivity index (χ2v) is 3.41. The molecule has 5 nitrogen and oxygen atoms in total. The predicted octanol–water partition coefficient (Wildman–Crippen LogP) is 0.0635. The summed E-state index contributed by atoms with van der Waals surface area (Å²) >= 11 is 0.